The SMILES string of the molecule is c1ccc(CN2CCC3CC32)cc1. The van der Waals surface area contributed by atoms with Gasteiger partial charge in [-0.05, 0) is 30.9 Å². The van der Waals surface area contributed by atoms with Crippen LogP contribution in [0.1, 0.15) is 18.4 Å². The third-order valence-electron chi connectivity index (χ3n) is 3.37. The molecule has 0 bridgehead atoms. The molecule has 1 aromatic carbocycles. The highest BCUT2D eigenvalue weighted by Gasteiger charge is 2.46. The second-order valence-corrected chi connectivity index (χ2v) is 4.31. The summed E-state index contributed by atoms with van der Waals surface area (Å²) in [7, 11) is 0. The second kappa shape index (κ2) is 2.85. The van der Waals surface area contributed by atoms with Crippen LogP contribution in [0.2, 0.25) is 0 Å². The number of hydrogen-bond acceptors (Lipinski definition) is 1. The number of hydrogen-bond donors (Lipinski definition) is 0. The molecule has 2 fully saturated rings. The van der Waals surface area contributed by atoms with Crippen molar-refractivity contribution < 1.29 is 0 Å². The Morgan fingerprint density at radius 2 is 2.08 bits per heavy atom. The normalized spacial score (nSPS) is 31.7. The fraction of sp³-hybridized carbons (Fsp3) is 0.500. The molecule has 0 aromatic heterocycles. The Morgan fingerprint density at radius 1 is 1.23 bits per heavy atom. The van der Waals surface area contributed by atoms with Crippen LogP contribution in [0.3, 0.4) is 0 Å². The van der Waals surface area contributed by atoms with Crippen LogP contribution in [0.25, 0.3) is 0 Å². The minimum Gasteiger partial charge on any atom is -0.296 e. The molecule has 68 valence electrons. The van der Waals surface area contributed by atoms with Crippen LogP contribution in [-0.4, -0.2) is 17.5 Å². The van der Waals surface area contributed by atoms with Gasteiger partial charge in [0.05, 0.1) is 0 Å². The van der Waals surface area contributed by atoms with E-state index in [2.05, 4.69) is 35.2 Å². The van der Waals surface area contributed by atoms with E-state index in [1.54, 1.807) is 0 Å². The molecule has 0 N–H and O–H groups in total. The largest absolute Gasteiger partial charge is 0.296 e. The number of rotatable bonds is 2. The van der Waals surface area contributed by atoms with Gasteiger partial charge in [-0.15, -0.1) is 0 Å². The van der Waals surface area contributed by atoms with Crippen molar-refractivity contribution in [2.75, 3.05) is 6.54 Å². The zero-order valence-electron chi connectivity index (χ0n) is 7.82. The molecule has 1 heteroatoms. The molecule has 2 atom stereocenters. The van der Waals surface area contributed by atoms with Crippen LogP contribution in [0.15, 0.2) is 30.3 Å². The first-order valence-electron chi connectivity index (χ1n) is 5.21. The molecule has 1 nitrogen and oxygen atoms in total. The van der Waals surface area contributed by atoms with E-state index in [9.17, 15) is 0 Å². The van der Waals surface area contributed by atoms with E-state index in [1.807, 2.05) is 0 Å². The summed E-state index contributed by atoms with van der Waals surface area (Å²) < 4.78 is 0. The molecule has 1 aliphatic carbocycles. The number of likely N-dealkylation sites (tertiary alicyclic amines) is 1. The van der Waals surface area contributed by atoms with Crippen LogP contribution in [-0.2, 0) is 6.54 Å². The smallest absolute Gasteiger partial charge is 0.0236 e. The summed E-state index contributed by atoms with van der Waals surface area (Å²) in [5.74, 6) is 1.06. The molecule has 0 amide bonds. The topological polar surface area (TPSA) is 3.24 Å². The summed E-state index contributed by atoms with van der Waals surface area (Å²) in [5, 5.41) is 0. The minimum absolute atomic E-state index is 0.945. The Kier molecular flexibility index (Phi) is 1.66. The average Bonchev–Trinajstić information content (AvgIpc) is 2.86. The summed E-state index contributed by atoms with van der Waals surface area (Å²) in [6.07, 6.45) is 2.91. The predicted molar refractivity (Wildman–Crippen MR) is 53.4 cm³/mol. The summed E-state index contributed by atoms with van der Waals surface area (Å²) in [6.45, 7) is 2.49. The van der Waals surface area contributed by atoms with Crippen molar-refractivity contribution in [2.45, 2.75) is 25.4 Å². The zero-order valence-corrected chi connectivity index (χ0v) is 7.82. The van der Waals surface area contributed by atoms with Gasteiger partial charge in [-0.2, -0.15) is 0 Å². The Balaban J connectivity index is 1.69. The summed E-state index contributed by atoms with van der Waals surface area (Å²) in [4.78, 5) is 2.64. The third kappa shape index (κ3) is 1.37. The molecule has 1 heterocycles. The minimum atomic E-state index is 0.945. The number of fused-ring (bicyclic) bond motifs is 1. The molecule has 2 aliphatic rings. The van der Waals surface area contributed by atoms with E-state index in [0.29, 0.717) is 0 Å². The standard InChI is InChI=1S/C12H15N/c1-2-4-10(5-3-1)9-13-7-6-11-8-12(11)13/h1-5,11-12H,6-9H2. The highest BCUT2D eigenvalue weighted by atomic mass is 15.2. The first-order chi connectivity index (χ1) is 6.43. The Hall–Kier alpha value is -0.820. The van der Waals surface area contributed by atoms with Crippen molar-refractivity contribution in [1.82, 2.24) is 4.90 Å². The highest BCUT2D eigenvalue weighted by molar-refractivity contribution is 5.16. The van der Waals surface area contributed by atoms with Gasteiger partial charge in [0.2, 0.25) is 0 Å². The molecule has 1 saturated heterocycles. The van der Waals surface area contributed by atoms with Crippen LogP contribution in [0.5, 0.6) is 0 Å². The molecular formula is C12H15N. The van der Waals surface area contributed by atoms with E-state index in [1.165, 1.54) is 31.5 Å². The molecule has 0 spiro atoms. The Labute approximate surface area is 79.4 Å². The van der Waals surface area contributed by atoms with Crippen molar-refractivity contribution in [1.29, 1.82) is 0 Å². The summed E-state index contributed by atoms with van der Waals surface area (Å²) in [6, 6.07) is 11.8. The van der Waals surface area contributed by atoms with Gasteiger partial charge in [0.15, 0.2) is 0 Å². The van der Waals surface area contributed by atoms with Gasteiger partial charge >= 0.3 is 0 Å². The molecule has 13 heavy (non-hydrogen) atoms. The van der Waals surface area contributed by atoms with Crippen LogP contribution in [0, 0.1) is 5.92 Å². The van der Waals surface area contributed by atoms with Gasteiger partial charge in [0, 0.05) is 12.6 Å². The lowest BCUT2D eigenvalue weighted by Gasteiger charge is -2.17. The Bertz CT molecular complexity index is 293. The molecular weight excluding hydrogens is 158 g/mol. The monoisotopic (exact) mass is 173 g/mol. The molecule has 2 unspecified atom stereocenters. The van der Waals surface area contributed by atoms with Gasteiger partial charge in [-0.3, -0.25) is 4.90 Å². The molecule has 0 radical (unpaired) electrons. The van der Waals surface area contributed by atoms with E-state index in [4.69, 9.17) is 0 Å². The fourth-order valence-electron chi connectivity index (χ4n) is 2.50. The number of piperidine rings is 1. The maximum atomic E-state index is 2.64. The molecule has 3 rings (SSSR count). The lowest BCUT2D eigenvalue weighted by atomic mass is 10.2. The second-order valence-electron chi connectivity index (χ2n) is 4.31. The summed E-state index contributed by atoms with van der Waals surface area (Å²) >= 11 is 0. The number of benzene rings is 1. The average molecular weight is 173 g/mol. The number of nitrogens with zero attached hydrogens (tertiary/aromatic N) is 1. The maximum absolute atomic E-state index is 2.64. The molecule has 1 saturated carbocycles. The summed E-state index contributed by atoms with van der Waals surface area (Å²) in [5.41, 5.74) is 1.47. The van der Waals surface area contributed by atoms with Crippen molar-refractivity contribution in [3.05, 3.63) is 35.9 Å². The molecule has 1 aliphatic heterocycles. The van der Waals surface area contributed by atoms with E-state index in [-0.39, 0.29) is 0 Å². The molecule has 1 aromatic rings. The van der Waals surface area contributed by atoms with Gasteiger partial charge in [-0.25, -0.2) is 0 Å². The van der Waals surface area contributed by atoms with Crippen LogP contribution in [0.4, 0.5) is 0 Å². The predicted octanol–water partition coefficient (Wildman–Crippen LogP) is 2.28. The van der Waals surface area contributed by atoms with E-state index >= 15 is 0 Å². The zero-order chi connectivity index (χ0) is 8.67. The van der Waals surface area contributed by atoms with Gasteiger partial charge in [0.1, 0.15) is 0 Å². The van der Waals surface area contributed by atoms with Gasteiger partial charge in [0.25, 0.3) is 0 Å². The van der Waals surface area contributed by atoms with Crippen molar-refractivity contribution in [3.63, 3.8) is 0 Å². The van der Waals surface area contributed by atoms with Crippen molar-refractivity contribution in [3.8, 4) is 0 Å². The third-order valence-corrected chi connectivity index (χ3v) is 3.37. The van der Waals surface area contributed by atoms with Crippen LogP contribution >= 0.6 is 0 Å². The highest BCUT2D eigenvalue weighted by Crippen LogP contribution is 2.44. The van der Waals surface area contributed by atoms with Crippen LogP contribution < -0.4 is 0 Å². The Morgan fingerprint density at radius 3 is 2.69 bits per heavy atom. The van der Waals surface area contributed by atoms with E-state index in [0.717, 1.165) is 12.0 Å². The van der Waals surface area contributed by atoms with Gasteiger partial charge < -0.3 is 0 Å². The van der Waals surface area contributed by atoms with Crippen molar-refractivity contribution >= 4 is 0 Å². The van der Waals surface area contributed by atoms with Gasteiger partial charge in [-0.1, -0.05) is 30.3 Å². The fourth-order valence-corrected chi connectivity index (χ4v) is 2.50. The quantitative estimate of drug-likeness (QED) is 0.663. The lowest BCUT2D eigenvalue weighted by molar-refractivity contribution is 0.291. The first kappa shape index (κ1) is 7.57. The van der Waals surface area contributed by atoms with E-state index < -0.39 is 0 Å². The first-order valence-corrected chi connectivity index (χ1v) is 5.21. The maximum Gasteiger partial charge on any atom is 0.0236 e. The van der Waals surface area contributed by atoms with Crippen molar-refractivity contribution in [2.24, 2.45) is 5.92 Å². The lowest BCUT2D eigenvalue weighted by Crippen LogP contribution is -2.22.